The molecular formula is C17H20F2N2. The average Bonchev–Trinajstić information content (AvgIpc) is 2.49. The van der Waals surface area contributed by atoms with E-state index in [2.05, 4.69) is 17.0 Å². The molecule has 0 unspecified atom stereocenters. The molecule has 0 heterocycles. The third-order valence-electron chi connectivity index (χ3n) is 3.41. The molecule has 0 aliphatic rings. The molecule has 0 aromatic heterocycles. The Morgan fingerprint density at radius 1 is 0.952 bits per heavy atom. The van der Waals surface area contributed by atoms with Gasteiger partial charge in [-0.2, -0.15) is 0 Å². The van der Waals surface area contributed by atoms with Crippen LogP contribution in [0, 0.1) is 11.6 Å². The van der Waals surface area contributed by atoms with E-state index in [1.54, 1.807) is 0 Å². The van der Waals surface area contributed by atoms with Crippen molar-refractivity contribution >= 4 is 0 Å². The number of hydrogen-bond donors (Lipinski definition) is 1. The maximum absolute atomic E-state index is 13.7. The van der Waals surface area contributed by atoms with E-state index in [0.29, 0.717) is 25.2 Å². The highest BCUT2D eigenvalue weighted by molar-refractivity contribution is 5.19. The van der Waals surface area contributed by atoms with Gasteiger partial charge in [-0.25, -0.2) is 8.78 Å². The van der Waals surface area contributed by atoms with Crippen molar-refractivity contribution in [2.45, 2.75) is 13.0 Å². The lowest BCUT2D eigenvalue weighted by molar-refractivity contribution is 0.272. The van der Waals surface area contributed by atoms with Crippen molar-refractivity contribution in [2.75, 3.05) is 19.6 Å². The Morgan fingerprint density at radius 2 is 1.71 bits per heavy atom. The predicted octanol–water partition coefficient (Wildman–Crippen LogP) is 2.97. The summed E-state index contributed by atoms with van der Waals surface area (Å²) in [6, 6.07) is 13.8. The molecule has 2 nitrogen and oxygen atoms in total. The number of halogens is 2. The summed E-state index contributed by atoms with van der Waals surface area (Å²) in [5, 5.41) is 0. The minimum Gasteiger partial charge on any atom is -0.329 e. The zero-order valence-corrected chi connectivity index (χ0v) is 11.9. The summed E-state index contributed by atoms with van der Waals surface area (Å²) in [6.45, 7) is 2.43. The van der Waals surface area contributed by atoms with Gasteiger partial charge >= 0.3 is 0 Å². The van der Waals surface area contributed by atoms with E-state index in [-0.39, 0.29) is 0 Å². The number of nitrogens with two attached hydrogens (primary N) is 1. The number of benzene rings is 2. The van der Waals surface area contributed by atoms with E-state index in [1.165, 1.54) is 17.7 Å². The first-order chi connectivity index (χ1) is 10.2. The van der Waals surface area contributed by atoms with Gasteiger partial charge in [-0.1, -0.05) is 36.4 Å². The van der Waals surface area contributed by atoms with Crippen LogP contribution in [-0.2, 0) is 13.0 Å². The number of hydrogen-bond acceptors (Lipinski definition) is 2. The Labute approximate surface area is 124 Å². The lowest BCUT2D eigenvalue weighted by Gasteiger charge is -2.22. The smallest absolute Gasteiger partial charge is 0.130 e. The van der Waals surface area contributed by atoms with Crippen LogP contribution >= 0.6 is 0 Å². The third-order valence-corrected chi connectivity index (χ3v) is 3.41. The quantitative estimate of drug-likeness (QED) is 0.849. The van der Waals surface area contributed by atoms with Crippen molar-refractivity contribution in [1.82, 2.24) is 4.90 Å². The van der Waals surface area contributed by atoms with Crippen LogP contribution in [-0.4, -0.2) is 24.5 Å². The fourth-order valence-corrected chi connectivity index (χ4v) is 2.28. The molecule has 0 aliphatic carbocycles. The predicted molar refractivity (Wildman–Crippen MR) is 80.8 cm³/mol. The number of rotatable bonds is 7. The van der Waals surface area contributed by atoms with Gasteiger partial charge in [0.15, 0.2) is 0 Å². The lowest BCUT2D eigenvalue weighted by atomic mass is 10.1. The Kier molecular flexibility index (Phi) is 5.84. The van der Waals surface area contributed by atoms with Crippen molar-refractivity contribution in [1.29, 1.82) is 0 Å². The van der Waals surface area contributed by atoms with Crippen molar-refractivity contribution in [2.24, 2.45) is 5.73 Å². The van der Waals surface area contributed by atoms with Gasteiger partial charge in [-0.15, -0.1) is 0 Å². The molecule has 21 heavy (non-hydrogen) atoms. The largest absolute Gasteiger partial charge is 0.329 e. The summed E-state index contributed by atoms with van der Waals surface area (Å²) < 4.78 is 26.6. The summed E-state index contributed by atoms with van der Waals surface area (Å²) in [6.07, 6.45) is 0.879. The van der Waals surface area contributed by atoms with Gasteiger partial charge in [0.2, 0.25) is 0 Å². The zero-order valence-electron chi connectivity index (χ0n) is 11.9. The molecule has 4 heteroatoms. The topological polar surface area (TPSA) is 29.3 Å². The van der Waals surface area contributed by atoms with Crippen LogP contribution < -0.4 is 5.73 Å². The maximum atomic E-state index is 13.7. The highest BCUT2D eigenvalue weighted by Crippen LogP contribution is 2.12. The summed E-state index contributed by atoms with van der Waals surface area (Å²) in [4.78, 5) is 2.09. The first-order valence-corrected chi connectivity index (χ1v) is 7.09. The molecule has 0 fully saturated rings. The minimum atomic E-state index is -0.550. The molecule has 0 bridgehead atoms. The Balaban J connectivity index is 1.98. The first kappa shape index (κ1) is 15.6. The summed E-state index contributed by atoms with van der Waals surface area (Å²) in [5.41, 5.74) is 7.35. The Bertz CT molecular complexity index is 558. The zero-order chi connectivity index (χ0) is 15.1. The van der Waals surface area contributed by atoms with Crippen LogP contribution in [0.3, 0.4) is 0 Å². The molecule has 0 atom stereocenters. The van der Waals surface area contributed by atoms with Gasteiger partial charge in [0, 0.05) is 37.8 Å². The molecule has 2 rings (SSSR count). The maximum Gasteiger partial charge on any atom is 0.130 e. The molecule has 0 aliphatic heterocycles. The van der Waals surface area contributed by atoms with Crippen LogP contribution in [0.25, 0.3) is 0 Å². The molecule has 0 amide bonds. The van der Waals surface area contributed by atoms with Crippen molar-refractivity contribution in [3.05, 3.63) is 71.3 Å². The van der Waals surface area contributed by atoms with Gasteiger partial charge in [0.25, 0.3) is 0 Å². The van der Waals surface area contributed by atoms with Gasteiger partial charge in [-0.05, 0) is 18.1 Å². The standard InChI is InChI=1S/C17H20F2N2/c18-16-7-6-15(17(19)12-16)13-21(11-9-20)10-8-14-4-2-1-3-5-14/h1-7,12H,8-11,13,20H2. The Morgan fingerprint density at radius 3 is 2.38 bits per heavy atom. The summed E-state index contributed by atoms with van der Waals surface area (Å²) in [5.74, 6) is -1.05. The Hall–Kier alpha value is -1.78. The second-order valence-corrected chi connectivity index (χ2v) is 5.04. The van der Waals surface area contributed by atoms with Gasteiger partial charge < -0.3 is 5.73 Å². The van der Waals surface area contributed by atoms with E-state index >= 15 is 0 Å². The van der Waals surface area contributed by atoms with E-state index in [4.69, 9.17) is 5.73 Å². The van der Waals surface area contributed by atoms with Crippen LogP contribution in [0.15, 0.2) is 48.5 Å². The number of nitrogens with zero attached hydrogens (tertiary/aromatic N) is 1. The van der Waals surface area contributed by atoms with E-state index in [0.717, 1.165) is 19.0 Å². The molecule has 112 valence electrons. The molecule has 0 spiro atoms. The molecule has 2 aromatic carbocycles. The van der Waals surface area contributed by atoms with Crippen LogP contribution in [0.5, 0.6) is 0 Å². The van der Waals surface area contributed by atoms with E-state index in [1.807, 2.05) is 18.2 Å². The molecule has 0 saturated heterocycles. The SMILES string of the molecule is NCCN(CCc1ccccc1)Cc1ccc(F)cc1F. The second-order valence-electron chi connectivity index (χ2n) is 5.04. The molecular weight excluding hydrogens is 270 g/mol. The van der Waals surface area contributed by atoms with Gasteiger partial charge in [0.05, 0.1) is 0 Å². The fourth-order valence-electron chi connectivity index (χ4n) is 2.28. The molecule has 2 aromatic rings. The molecule has 0 radical (unpaired) electrons. The highest BCUT2D eigenvalue weighted by Gasteiger charge is 2.10. The van der Waals surface area contributed by atoms with Gasteiger partial charge in [-0.3, -0.25) is 4.90 Å². The minimum absolute atomic E-state index is 0.441. The third kappa shape index (κ3) is 4.92. The van der Waals surface area contributed by atoms with E-state index in [9.17, 15) is 8.78 Å². The first-order valence-electron chi connectivity index (χ1n) is 7.09. The van der Waals surface area contributed by atoms with Crippen molar-refractivity contribution in [3.8, 4) is 0 Å². The van der Waals surface area contributed by atoms with Crippen LogP contribution in [0.4, 0.5) is 8.78 Å². The normalized spacial score (nSPS) is 11.0. The second kappa shape index (κ2) is 7.86. The van der Waals surface area contributed by atoms with E-state index < -0.39 is 11.6 Å². The van der Waals surface area contributed by atoms with Gasteiger partial charge in [0.1, 0.15) is 11.6 Å². The summed E-state index contributed by atoms with van der Waals surface area (Å²) in [7, 11) is 0. The van der Waals surface area contributed by atoms with Crippen molar-refractivity contribution < 1.29 is 8.78 Å². The van der Waals surface area contributed by atoms with Crippen LogP contribution in [0.2, 0.25) is 0 Å². The molecule has 2 N–H and O–H groups in total. The average molecular weight is 290 g/mol. The summed E-state index contributed by atoms with van der Waals surface area (Å²) >= 11 is 0. The fraction of sp³-hybridized carbons (Fsp3) is 0.294. The lowest BCUT2D eigenvalue weighted by Crippen LogP contribution is -2.31. The monoisotopic (exact) mass is 290 g/mol. The highest BCUT2D eigenvalue weighted by atomic mass is 19.1. The van der Waals surface area contributed by atoms with Crippen molar-refractivity contribution in [3.63, 3.8) is 0 Å². The van der Waals surface area contributed by atoms with Crippen LogP contribution in [0.1, 0.15) is 11.1 Å². The molecule has 0 saturated carbocycles.